The zero-order valence-electron chi connectivity index (χ0n) is 12.1. The summed E-state index contributed by atoms with van der Waals surface area (Å²) in [5, 5.41) is 5.00. The molecule has 109 valence electrons. The summed E-state index contributed by atoms with van der Waals surface area (Å²) in [6.45, 7) is 2.05. The first-order chi connectivity index (χ1) is 10.3. The van der Waals surface area contributed by atoms with Crippen LogP contribution in [0.2, 0.25) is 0 Å². The molecule has 0 aliphatic heterocycles. The van der Waals surface area contributed by atoms with Crippen molar-refractivity contribution in [3.63, 3.8) is 0 Å². The van der Waals surface area contributed by atoms with Gasteiger partial charge in [0.15, 0.2) is 0 Å². The fourth-order valence-electron chi connectivity index (χ4n) is 2.72. The van der Waals surface area contributed by atoms with Gasteiger partial charge in [0.05, 0.1) is 0 Å². The van der Waals surface area contributed by atoms with Crippen LogP contribution in [-0.4, -0.2) is 4.98 Å². The van der Waals surface area contributed by atoms with E-state index in [1.54, 1.807) is 0 Å². The van der Waals surface area contributed by atoms with Gasteiger partial charge in [0.25, 0.3) is 0 Å². The van der Waals surface area contributed by atoms with Gasteiger partial charge in [-0.05, 0) is 23.6 Å². The van der Waals surface area contributed by atoms with Gasteiger partial charge in [-0.2, -0.15) is 0 Å². The molecule has 0 spiro atoms. The maximum absolute atomic E-state index is 4.49. The molecule has 0 saturated carbocycles. The summed E-state index contributed by atoms with van der Waals surface area (Å²) >= 11 is 0. The molecule has 0 N–H and O–H groups in total. The topological polar surface area (TPSA) is 12.9 Å². The van der Waals surface area contributed by atoms with Crippen molar-refractivity contribution in [3.05, 3.63) is 78.5 Å². The first kappa shape index (κ1) is 14.9. The van der Waals surface area contributed by atoms with Crippen LogP contribution in [-0.2, 0) is 20.1 Å². The molecule has 0 amide bonds. The third-order valence-electron chi connectivity index (χ3n) is 3.86. The number of rotatable bonds is 1. The van der Waals surface area contributed by atoms with Crippen LogP contribution in [0.5, 0.6) is 0 Å². The monoisotopic (exact) mass is 461 g/mol. The summed E-state index contributed by atoms with van der Waals surface area (Å²) < 4.78 is 0. The summed E-state index contributed by atoms with van der Waals surface area (Å²) in [5.41, 5.74) is 3.18. The van der Waals surface area contributed by atoms with E-state index in [1.807, 2.05) is 19.2 Å². The maximum atomic E-state index is 4.49. The summed E-state index contributed by atoms with van der Waals surface area (Å²) in [7, 11) is 0. The predicted molar refractivity (Wildman–Crippen MR) is 88.3 cm³/mol. The van der Waals surface area contributed by atoms with Crippen LogP contribution >= 0.6 is 0 Å². The Balaban J connectivity index is 0.00000144. The van der Waals surface area contributed by atoms with Gasteiger partial charge in [-0.25, -0.2) is 0 Å². The van der Waals surface area contributed by atoms with Gasteiger partial charge in [-0.3, -0.25) is 0 Å². The molecule has 0 unspecified atom stereocenters. The number of aryl methyl sites for hydroxylation is 1. The van der Waals surface area contributed by atoms with Gasteiger partial charge in [0.2, 0.25) is 0 Å². The fourth-order valence-corrected chi connectivity index (χ4v) is 2.72. The minimum Gasteiger partial charge on any atom is -0.304 e. The van der Waals surface area contributed by atoms with E-state index in [9.17, 15) is 0 Å². The van der Waals surface area contributed by atoms with Crippen LogP contribution in [0.15, 0.2) is 66.9 Å². The molecule has 0 aliphatic rings. The van der Waals surface area contributed by atoms with Crippen molar-refractivity contribution >= 4 is 21.5 Å². The summed E-state index contributed by atoms with van der Waals surface area (Å²) in [5.74, 6) is 0. The Labute approximate surface area is 143 Å². The molecular weight excluding hydrogens is 446 g/mol. The van der Waals surface area contributed by atoms with Crippen LogP contribution in [0.1, 0.15) is 5.56 Å². The molecule has 1 aromatic heterocycles. The standard InChI is InChI=1S/C20H14N.Ir/c1-14-6-11-20(21-13-14)17-9-10-19-16(12-17)8-7-15-4-2-3-5-18(15)19;/h2-8,10-13H,1H3;/q-1;. The zero-order valence-corrected chi connectivity index (χ0v) is 14.5. The van der Waals surface area contributed by atoms with Gasteiger partial charge in [-0.1, -0.05) is 59.3 Å². The molecule has 1 radical (unpaired) electrons. The Morgan fingerprint density at radius 3 is 2.50 bits per heavy atom. The third kappa shape index (κ3) is 2.56. The molecule has 4 aromatic rings. The molecule has 0 aliphatic carbocycles. The van der Waals surface area contributed by atoms with Crippen LogP contribution < -0.4 is 0 Å². The van der Waals surface area contributed by atoms with Crippen LogP contribution in [0.25, 0.3) is 32.8 Å². The number of hydrogen-bond donors (Lipinski definition) is 0. The van der Waals surface area contributed by atoms with Crippen molar-refractivity contribution in [1.82, 2.24) is 4.98 Å². The number of benzene rings is 3. The summed E-state index contributed by atoms with van der Waals surface area (Å²) in [4.78, 5) is 4.49. The van der Waals surface area contributed by atoms with Crippen molar-refractivity contribution < 1.29 is 20.1 Å². The van der Waals surface area contributed by atoms with Gasteiger partial charge in [0.1, 0.15) is 0 Å². The average molecular weight is 461 g/mol. The van der Waals surface area contributed by atoms with Crippen molar-refractivity contribution in [2.45, 2.75) is 6.92 Å². The second-order valence-electron chi connectivity index (χ2n) is 5.36. The largest absolute Gasteiger partial charge is 0.304 e. The minimum absolute atomic E-state index is 0. The van der Waals surface area contributed by atoms with Gasteiger partial charge in [0, 0.05) is 26.3 Å². The Bertz CT molecular complexity index is 943. The van der Waals surface area contributed by atoms with E-state index in [-0.39, 0.29) is 20.1 Å². The summed E-state index contributed by atoms with van der Waals surface area (Å²) in [6, 6.07) is 24.6. The number of nitrogens with zero attached hydrogens (tertiary/aromatic N) is 1. The molecule has 4 rings (SSSR count). The minimum atomic E-state index is 0. The molecular formula is C20H14IrN-. The Hall–Kier alpha value is -2.02. The molecule has 0 fully saturated rings. The van der Waals surface area contributed by atoms with E-state index < -0.39 is 0 Å². The molecule has 0 bridgehead atoms. The number of aromatic nitrogens is 1. The smallest absolute Gasteiger partial charge is 0.0190 e. The Morgan fingerprint density at radius 1 is 0.864 bits per heavy atom. The summed E-state index contributed by atoms with van der Waals surface area (Å²) in [6.07, 6.45) is 1.90. The van der Waals surface area contributed by atoms with Crippen molar-refractivity contribution in [2.75, 3.05) is 0 Å². The SMILES string of the molecule is Cc1ccc(-c2[c-]cc3c(ccc4ccccc43)c2)nc1.[Ir]. The second-order valence-corrected chi connectivity index (χ2v) is 5.36. The van der Waals surface area contributed by atoms with E-state index in [0.29, 0.717) is 0 Å². The first-order valence-corrected chi connectivity index (χ1v) is 7.07. The molecule has 0 atom stereocenters. The third-order valence-corrected chi connectivity index (χ3v) is 3.86. The number of pyridine rings is 1. The van der Waals surface area contributed by atoms with Crippen LogP contribution in [0.3, 0.4) is 0 Å². The van der Waals surface area contributed by atoms with E-state index in [1.165, 1.54) is 27.1 Å². The fraction of sp³-hybridized carbons (Fsp3) is 0.0500. The number of hydrogen-bond acceptors (Lipinski definition) is 1. The van der Waals surface area contributed by atoms with E-state index in [2.05, 4.69) is 65.6 Å². The Kier molecular flexibility index (Phi) is 4.06. The maximum Gasteiger partial charge on any atom is 0.0190 e. The van der Waals surface area contributed by atoms with Crippen molar-refractivity contribution in [1.29, 1.82) is 0 Å². The molecule has 1 heterocycles. The molecule has 1 nitrogen and oxygen atoms in total. The van der Waals surface area contributed by atoms with E-state index in [0.717, 1.165) is 11.3 Å². The first-order valence-electron chi connectivity index (χ1n) is 7.07. The van der Waals surface area contributed by atoms with Crippen molar-refractivity contribution in [2.24, 2.45) is 0 Å². The second kappa shape index (κ2) is 6.00. The van der Waals surface area contributed by atoms with Crippen LogP contribution in [0.4, 0.5) is 0 Å². The van der Waals surface area contributed by atoms with Crippen molar-refractivity contribution in [3.8, 4) is 11.3 Å². The van der Waals surface area contributed by atoms with E-state index >= 15 is 0 Å². The predicted octanol–water partition coefficient (Wildman–Crippen LogP) is 5.16. The molecule has 22 heavy (non-hydrogen) atoms. The van der Waals surface area contributed by atoms with Gasteiger partial charge in [-0.15, -0.1) is 29.1 Å². The molecule has 2 heteroatoms. The quantitative estimate of drug-likeness (QED) is 0.282. The normalized spacial score (nSPS) is 10.6. The van der Waals surface area contributed by atoms with E-state index in [4.69, 9.17) is 0 Å². The van der Waals surface area contributed by atoms with Gasteiger partial charge >= 0.3 is 0 Å². The van der Waals surface area contributed by atoms with Gasteiger partial charge < -0.3 is 4.98 Å². The number of fused-ring (bicyclic) bond motifs is 3. The van der Waals surface area contributed by atoms with Crippen LogP contribution in [0, 0.1) is 13.0 Å². The average Bonchev–Trinajstić information content (AvgIpc) is 2.55. The molecule has 3 aromatic carbocycles. The Morgan fingerprint density at radius 2 is 1.68 bits per heavy atom. The molecule has 0 saturated heterocycles. The zero-order chi connectivity index (χ0) is 14.2.